The van der Waals surface area contributed by atoms with Gasteiger partial charge in [-0.2, -0.15) is 0 Å². The van der Waals surface area contributed by atoms with Crippen LogP contribution >= 0.6 is 0 Å². The van der Waals surface area contributed by atoms with E-state index in [1.165, 1.54) is 0 Å². The van der Waals surface area contributed by atoms with E-state index in [9.17, 15) is 0 Å². The summed E-state index contributed by atoms with van der Waals surface area (Å²) in [6.07, 6.45) is 5.04. The first-order valence-corrected chi connectivity index (χ1v) is 3.39. The van der Waals surface area contributed by atoms with Gasteiger partial charge in [-0.15, -0.1) is 0 Å². The van der Waals surface area contributed by atoms with E-state index in [4.69, 9.17) is 0 Å². The summed E-state index contributed by atoms with van der Waals surface area (Å²) in [5.41, 5.74) is 1.90. The Labute approximate surface area is 64.9 Å². The lowest BCUT2D eigenvalue weighted by atomic mass is 10.00. The molecule has 0 radical (unpaired) electrons. The predicted octanol–water partition coefficient (Wildman–Crippen LogP) is -0.717. The van der Waals surface area contributed by atoms with Crippen molar-refractivity contribution in [2.24, 2.45) is 0 Å². The average Bonchev–Trinajstić information content (AvgIpc) is 2.06. The molecule has 0 atom stereocenters. The van der Waals surface area contributed by atoms with Crippen molar-refractivity contribution in [3.63, 3.8) is 0 Å². The summed E-state index contributed by atoms with van der Waals surface area (Å²) >= 11 is 0. The molecular weight excluding hydrogens is 137 g/mol. The first-order valence-electron chi connectivity index (χ1n) is 3.39. The average molecular weight is 143 g/mol. The third-order valence-corrected chi connectivity index (χ3v) is 1.64. The third-order valence-electron chi connectivity index (χ3n) is 1.64. The molecule has 0 aliphatic rings. The van der Waals surface area contributed by atoms with Gasteiger partial charge in [0.1, 0.15) is 6.33 Å². The van der Waals surface area contributed by atoms with Crippen LogP contribution < -0.4 is 5.59 Å². The topological polar surface area (TPSA) is 38.7 Å². The number of rotatable bonds is 0. The van der Waals surface area contributed by atoms with Gasteiger partial charge in [0.25, 0.3) is 0 Å². The molecule has 52 valence electrons. The molecule has 0 saturated carbocycles. The third kappa shape index (κ3) is 0.961. The van der Waals surface area contributed by atoms with E-state index in [2.05, 4.69) is 15.0 Å². The van der Waals surface area contributed by atoms with Crippen LogP contribution in [0, 0.1) is 0 Å². The van der Waals surface area contributed by atoms with E-state index in [0.29, 0.717) is 0 Å². The van der Waals surface area contributed by atoms with Crippen molar-refractivity contribution in [2.75, 3.05) is 0 Å². The van der Waals surface area contributed by atoms with Gasteiger partial charge in [-0.3, -0.25) is 9.97 Å². The van der Waals surface area contributed by atoms with Crippen molar-refractivity contribution >= 4 is 24.3 Å². The molecule has 2 heterocycles. The number of fused-ring (bicyclic) bond motifs is 1. The van der Waals surface area contributed by atoms with Crippen LogP contribution in [0.4, 0.5) is 0 Å². The first kappa shape index (κ1) is 6.28. The summed E-state index contributed by atoms with van der Waals surface area (Å²) < 4.78 is 0. The van der Waals surface area contributed by atoms with E-state index in [0.717, 1.165) is 16.5 Å². The summed E-state index contributed by atoms with van der Waals surface area (Å²) in [5, 5.41) is 1.07. The van der Waals surface area contributed by atoms with E-state index < -0.39 is 0 Å². The fourth-order valence-corrected chi connectivity index (χ4v) is 1.04. The van der Waals surface area contributed by atoms with Gasteiger partial charge in [0.2, 0.25) is 0 Å². The highest BCUT2D eigenvalue weighted by molar-refractivity contribution is 6.36. The Kier molecular flexibility index (Phi) is 1.32. The van der Waals surface area contributed by atoms with Gasteiger partial charge in [-0.05, 0) is 6.07 Å². The fourth-order valence-electron chi connectivity index (χ4n) is 1.04. The molecule has 0 aliphatic heterocycles. The Morgan fingerprint density at radius 1 is 1.27 bits per heavy atom. The predicted molar refractivity (Wildman–Crippen MR) is 45.5 cm³/mol. The molecule has 0 amide bonds. The Morgan fingerprint density at radius 3 is 3.00 bits per heavy atom. The molecule has 0 fully saturated rings. The van der Waals surface area contributed by atoms with Crippen LogP contribution in [0.2, 0.25) is 0 Å². The van der Waals surface area contributed by atoms with Gasteiger partial charge in [0.05, 0.1) is 11.7 Å². The largest absolute Gasteiger partial charge is 0.262 e. The van der Waals surface area contributed by atoms with Crippen molar-refractivity contribution in [1.29, 1.82) is 0 Å². The van der Waals surface area contributed by atoms with Crippen molar-refractivity contribution in [2.45, 2.75) is 0 Å². The number of pyridine rings is 1. The number of nitrogens with zero attached hydrogens (tertiary/aromatic N) is 3. The molecule has 0 unspecified atom stereocenters. The minimum Gasteiger partial charge on any atom is -0.262 e. The molecule has 4 heteroatoms. The lowest BCUT2D eigenvalue weighted by Crippen LogP contribution is -2.09. The quantitative estimate of drug-likeness (QED) is 0.457. The molecule has 11 heavy (non-hydrogen) atoms. The van der Waals surface area contributed by atoms with Gasteiger partial charge in [0, 0.05) is 17.2 Å². The van der Waals surface area contributed by atoms with Gasteiger partial charge < -0.3 is 0 Å². The lowest BCUT2D eigenvalue weighted by Gasteiger charge is -1.96. The number of hydrogen-bond acceptors (Lipinski definition) is 3. The minimum atomic E-state index is 0.903. The number of hydrogen-bond donors (Lipinski definition) is 0. The molecule has 0 N–H and O–H groups in total. The maximum Gasteiger partial charge on any atom is 0.164 e. The smallest absolute Gasteiger partial charge is 0.164 e. The van der Waals surface area contributed by atoms with Crippen molar-refractivity contribution in [3.05, 3.63) is 24.8 Å². The molecule has 0 aliphatic carbocycles. The van der Waals surface area contributed by atoms with Gasteiger partial charge in [-0.25, -0.2) is 4.98 Å². The van der Waals surface area contributed by atoms with Gasteiger partial charge in [0.15, 0.2) is 7.85 Å². The standard InChI is InChI=1S/C7H6BN3/c8-7-5-1-2-9-3-6(5)10-4-11-7/h1-4H,8H2. The van der Waals surface area contributed by atoms with Crippen LogP contribution in [-0.4, -0.2) is 22.8 Å². The van der Waals surface area contributed by atoms with Crippen LogP contribution in [0.5, 0.6) is 0 Å². The Bertz CT molecular complexity index is 383. The molecule has 2 rings (SSSR count). The normalized spacial score (nSPS) is 10.2. The monoisotopic (exact) mass is 143 g/mol. The molecule has 2 aromatic heterocycles. The SMILES string of the molecule is Bc1ncnc2cnccc12. The maximum absolute atomic E-state index is 4.07. The highest BCUT2D eigenvalue weighted by Crippen LogP contribution is 2.02. The zero-order valence-electron chi connectivity index (χ0n) is 6.15. The summed E-state index contributed by atoms with van der Waals surface area (Å²) in [4.78, 5) is 12.1. The molecule has 0 bridgehead atoms. The van der Waals surface area contributed by atoms with Crippen LogP contribution in [0.15, 0.2) is 24.8 Å². The molecule has 0 aromatic carbocycles. The van der Waals surface area contributed by atoms with Crippen LogP contribution in [0.25, 0.3) is 10.9 Å². The summed E-state index contributed by atoms with van der Waals surface area (Å²) in [5.74, 6) is 0. The Hall–Kier alpha value is -1.45. The fraction of sp³-hybridized carbons (Fsp3) is 0. The van der Waals surface area contributed by atoms with Crippen LogP contribution in [-0.2, 0) is 0 Å². The second kappa shape index (κ2) is 2.30. The van der Waals surface area contributed by atoms with Crippen molar-refractivity contribution in [3.8, 4) is 0 Å². The second-order valence-corrected chi connectivity index (χ2v) is 2.35. The van der Waals surface area contributed by atoms with Crippen molar-refractivity contribution < 1.29 is 0 Å². The second-order valence-electron chi connectivity index (χ2n) is 2.35. The molecular formula is C7H6BN3. The Morgan fingerprint density at radius 2 is 2.18 bits per heavy atom. The zero-order valence-corrected chi connectivity index (χ0v) is 6.15. The highest BCUT2D eigenvalue weighted by Gasteiger charge is 1.95. The van der Waals surface area contributed by atoms with Gasteiger partial charge in [-0.1, -0.05) is 0 Å². The molecule has 0 saturated heterocycles. The summed E-state index contributed by atoms with van der Waals surface area (Å²) in [6.45, 7) is 0. The number of aromatic nitrogens is 3. The van der Waals surface area contributed by atoms with Crippen molar-refractivity contribution in [1.82, 2.24) is 15.0 Å². The van der Waals surface area contributed by atoms with E-state index >= 15 is 0 Å². The Balaban J connectivity index is 2.91. The molecule has 2 aromatic rings. The van der Waals surface area contributed by atoms with Crippen LogP contribution in [0.3, 0.4) is 0 Å². The maximum atomic E-state index is 4.07. The summed E-state index contributed by atoms with van der Waals surface area (Å²) in [7, 11) is 1.96. The molecule has 3 nitrogen and oxygen atoms in total. The highest BCUT2D eigenvalue weighted by atomic mass is 14.8. The lowest BCUT2D eigenvalue weighted by molar-refractivity contribution is 1.23. The van der Waals surface area contributed by atoms with Gasteiger partial charge >= 0.3 is 0 Å². The van der Waals surface area contributed by atoms with E-state index in [1.54, 1.807) is 18.7 Å². The van der Waals surface area contributed by atoms with Crippen LogP contribution in [0.1, 0.15) is 0 Å². The first-order chi connectivity index (χ1) is 5.38. The van der Waals surface area contributed by atoms with E-state index in [1.807, 2.05) is 13.9 Å². The zero-order chi connectivity index (χ0) is 7.68. The minimum absolute atomic E-state index is 0.903. The van der Waals surface area contributed by atoms with E-state index in [-0.39, 0.29) is 0 Å². The molecule has 0 spiro atoms. The summed E-state index contributed by atoms with van der Waals surface area (Å²) in [6, 6.07) is 1.92.